The van der Waals surface area contributed by atoms with Gasteiger partial charge in [0, 0.05) is 12.6 Å². The number of nitrogens with one attached hydrogen (secondary N) is 1. The molecule has 4 heteroatoms. The minimum atomic E-state index is -0.655. The van der Waals surface area contributed by atoms with E-state index in [9.17, 15) is 9.90 Å². The third kappa shape index (κ3) is 4.33. The second-order valence-corrected chi connectivity index (χ2v) is 5.34. The van der Waals surface area contributed by atoms with Crippen molar-refractivity contribution in [3.63, 3.8) is 0 Å². The van der Waals surface area contributed by atoms with Gasteiger partial charge in [0.2, 0.25) is 5.91 Å². The zero-order valence-electron chi connectivity index (χ0n) is 11.2. The fourth-order valence-electron chi connectivity index (χ4n) is 1.69. The van der Waals surface area contributed by atoms with Gasteiger partial charge in [-0.2, -0.15) is 11.3 Å². The largest absolute Gasteiger partial charge is 0.387 e. The Morgan fingerprint density at radius 2 is 2.10 bits per heavy atom. The summed E-state index contributed by atoms with van der Waals surface area (Å²) in [7, 11) is 0. The number of benzene rings is 1. The van der Waals surface area contributed by atoms with Crippen molar-refractivity contribution in [2.75, 3.05) is 6.54 Å². The quantitative estimate of drug-likeness (QED) is 0.831. The highest BCUT2D eigenvalue weighted by Crippen LogP contribution is 2.15. The number of aliphatic hydroxyl groups is 1. The molecule has 1 aromatic carbocycles. The first-order valence-electron chi connectivity index (χ1n) is 6.38. The zero-order chi connectivity index (χ0) is 14.4. The van der Waals surface area contributed by atoms with Crippen LogP contribution in [0, 0.1) is 6.92 Å². The van der Waals surface area contributed by atoms with Gasteiger partial charge in [0.1, 0.15) is 0 Å². The average Bonchev–Trinajstić information content (AvgIpc) is 2.98. The first-order chi connectivity index (χ1) is 9.65. The van der Waals surface area contributed by atoms with Crippen LogP contribution in [0.15, 0.2) is 47.2 Å². The van der Waals surface area contributed by atoms with Gasteiger partial charge >= 0.3 is 0 Å². The second kappa shape index (κ2) is 7.03. The first kappa shape index (κ1) is 14.5. The van der Waals surface area contributed by atoms with Crippen LogP contribution in [-0.2, 0) is 4.79 Å². The van der Waals surface area contributed by atoms with E-state index < -0.39 is 6.10 Å². The Labute approximate surface area is 122 Å². The molecule has 1 heterocycles. The lowest BCUT2D eigenvalue weighted by molar-refractivity contribution is -0.116. The molecule has 2 N–H and O–H groups in total. The van der Waals surface area contributed by atoms with Crippen LogP contribution in [0.1, 0.15) is 22.8 Å². The molecule has 1 aromatic heterocycles. The van der Waals surface area contributed by atoms with E-state index in [0.717, 1.165) is 11.1 Å². The van der Waals surface area contributed by atoms with Gasteiger partial charge in [-0.3, -0.25) is 4.79 Å². The topological polar surface area (TPSA) is 49.3 Å². The number of hydrogen-bond acceptors (Lipinski definition) is 3. The van der Waals surface area contributed by atoms with Gasteiger partial charge in [0.25, 0.3) is 0 Å². The van der Waals surface area contributed by atoms with Crippen LogP contribution < -0.4 is 5.32 Å². The van der Waals surface area contributed by atoms with Gasteiger partial charge in [-0.05, 0) is 41.0 Å². The van der Waals surface area contributed by atoms with Crippen molar-refractivity contribution in [1.82, 2.24) is 5.32 Å². The molecule has 0 fully saturated rings. The lowest BCUT2D eigenvalue weighted by Gasteiger charge is -2.08. The second-order valence-electron chi connectivity index (χ2n) is 4.56. The molecule has 0 spiro atoms. The highest BCUT2D eigenvalue weighted by Gasteiger charge is 2.08. The number of carbonyl (C=O) groups excluding carboxylic acids is 1. The van der Waals surface area contributed by atoms with Gasteiger partial charge in [-0.15, -0.1) is 0 Å². The SMILES string of the molecule is Cc1ccc(/C=C/C(=O)NCC(O)c2ccsc2)cc1. The Hall–Kier alpha value is -1.91. The summed E-state index contributed by atoms with van der Waals surface area (Å²) in [6.45, 7) is 2.24. The maximum absolute atomic E-state index is 11.7. The van der Waals surface area contributed by atoms with Crippen molar-refractivity contribution in [3.05, 3.63) is 63.9 Å². The summed E-state index contributed by atoms with van der Waals surface area (Å²) in [5, 5.41) is 16.3. The molecule has 1 atom stereocenters. The van der Waals surface area contributed by atoms with Crippen LogP contribution in [0.4, 0.5) is 0 Å². The molecule has 2 rings (SSSR count). The summed E-state index contributed by atoms with van der Waals surface area (Å²) in [4.78, 5) is 11.7. The number of amides is 1. The molecule has 3 nitrogen and oxygen atoms in total. The molecule has 2 aromatic rings. The van der Waals surface area contributed by atoms with Crippen molar-refractivity contribution < 1.29 is 9.90 Å². The number of aliphatic hydroxyl groups excluding tert-OH is 1. The molecule has 0 saturated carbocycles. The van der Waals surface area contributed by atoms with E-state index in [4.69, 9.17) is 0 Å². The maximum Gasteiger partial charge on any atom is 0.244 e. The van der Waals surface area contributed by atoms with E-state index in [1.54, 1.807) is 6.08 Å². The fraction of sp³-hybridized carbons (Fsp3) is 0.188. The van der Waals surface area contributed by atoms with Crippen LogP contribution in [0.3, 0.4) is 0 Å². The Bertz CT molecular complexity index is 573. The van der Waals surface area contributed by atoms with E-state index in [0.29, 0.717) is 0 Å². The van der Waals surface area contributed by atoms with E-state index in [-0.39, 0.29) is 12.5 Å². The van der Waals surface area contributed by atoms with Crippen LogP contribution in [0.2, 0.25) is 0 Å². The van der Waals surface area contributed by atoms with E-state index in [1.165, 1.54) is 23.0 Å². The van der Waals surface area contributed by atoms with E-state index in [2.05, 4.69) is 5.32 Å². The van der Waals surface area contributed by atoms with Crippen molar-refractivity contribution in [3.8, 4) is 0 Å². The predicted molar refractivity (Wildman–Crippen MR) is 82.5 cm³/mol. The number of thiophene rings is 1. The maximum atomic E-state index is 11.7. The highest BCUT2D eigenvalue weighted by molar-refractivity contribution is 7.07. The first-order valence-corrected chi connectivity index (χ1v) is 7.32. The van der Waals surface area contributed by atoms with Crippen LogP contribution in [-0.4, -0.2) is 17.6 Å². The molecule has 0 aliphatic carbocycles. The molecule has 104 valence electrons. The summed E-state index contributed by atoms with van der Waals surface area (Å²) in [5.74, 6) is -0.208. The molecule has 0 aliphatic heterocycles. The van der Waals surface area contributed by atoms with Gasteiger partial charge < -0.3 is 10.4 Å². The monoisotopic (exact) mass is 287 g/mol. The summed E-state index contributed by atoms with van der Waals surface area (Å²) < 4.78 is 0. The molecule has 0 bridgehead atoms. The van der Waals surface area contributed by atoms with Gasteiger partial charge in [0.05, 0.1) is 6.10 Å². The average molecular weight is 287 g/mol. The van der Waals surface area contributed by atoms with E-state index in [1.807, 2.05) is 48.0 Å². The molecular formula is C16H17NO2S. The minimum absolute atomic E-state index is 0.208. The number of hydrogen-bond donors (Lipinski definition) is 2. The zero-order valence-corrected chi connectivity index (χ0v) is 12.1. The third-order valence-corrected chi connectivity index (χ3v) is 3.60. The Morgan fingerprint density at radius 3 is 2.75 bits per heavy atom. The summed E-state index contributed by atoms with van der Waals surface area (Å²) >= 11 is 1.52. The number of aryl methyl sites for hydroxylation is 1. The van der Waals surface area contributed by atoms with Gasteiger partial charge in [-0.1, -0.05) is 29.8 Å². The number of rotatable bonds is 5. The molecule has 1 unspecified atom stereocenters. The normalized spacial score (nSPS) is 12.5. The van der Waals surface area contributed by atoms with Crippen molar-refractivity contribution in [2.24, 2.45) is 0 Å². The van der Waals surface area contributed by atoms with Crippen molar-refractivity contribution in [2.45, 2.75) is 13.0 Å². The number of carbonyl (C=O) groups is 1. The predicted octanol–water partition coefficient (Wildman–Crippen LogP) is 2.92. The lowest BCUT2D eigenvalue weighted by Crippen LogP contribution is -2.26. The van der Waals surface area contributed by atoms with E-state index >= 15 is 0 Å². The van der Waals surface area contributed by atoms with Gasteiger partial charge in [0.15, 0.2) is 0 Å². The Morgan fingerprint density at radius 1 is 1.35 bits per heavy atom. The summed E-state index contributed by atoms with van der Waals surface area (Å²) in [5.41, 5.74) is 2.99. The smallest absolute Gasteiger partial charge is 0.244 e. The third-order valence-electron chi connectivity index (χ3n) is 2.90. The summed E-state index contributed by atoms with van der Waals surface area (Å²) in [6, 6.07) is 9.76. The molecule has 1 amide bonds. The van der Waals surface area contributed by atoms with Gasteiger partial charge in [-0.25, -0.2) is 0 Å². The van der Waals surface area contributed by atoms with Crippen LogP contribution in [0.5, 0.6) is 0 Å². The Balaban J connectivity index is 1.82. The minimum Gasteiger partial charge on any atom is -0.387 e. The molecule has 0 aliphatic rings. The molecule has 0 radical (unpaired) electrons. The standard InChI is InChI=1S/C16H17NO2S/c1-12-2-4-13(5-3-12)6-7-16(19)17-10-15(18)14-8-9-20-11-14/h2-9,11,15,18H,10H2,1H3,(H,17,19)/b7-6+. The highest BCUT2D eigenvalue weighted by atomic mass is 32.1. The molecular weight excluding hydrogens is 270 g/mol. The lowest BCUT2D eigenvalue weighted by atomic mass is 10.1. The fourth-order valence-corrected chi connectivity index (χ4v) is 2.40. The summed E-state index contributed by atoms with van der Waals surface area (Å²) in [6.07, 6.45) is 2.58. The van der Waals surface area contributed by atoms with Crippen LogP contribution >= 0.6 is 11.3 Å². The van der Waals surface area contributed by atoms with Crippen molar-refractivity contribution in [1.29, 1.82) is 0 Å². The van der Waals surface area contributed by atoms with Crippen molar-refractivity contribution >= 4 is 23.3 Å². The molecule has 0 saturated heterocycles. The van der Waals surface area contributed by atoms with Crippen LogP contribution in [0.25, 0.3) is 6.08 Å². The Kier molecular flexibility index (Phi) is 5.09. The molecule has 20 heavy (non-hydrogen) atoms.